The van der Waals surface area contributed by atoms with Gasteiger partial charge in [-0.3, -0.25) is 9.78 Å². The molecule has 0 saturated heterocycles. The van der Waals surface area contributed by atoms with Crippen molar-refractivity contribution in [2.24, 2.45) is 0 Å². The van der Waals surface area contributed by atoms with Gasteiger partial charge in [0.05, 0.1) is 5.39 Å². The minimum absolute atomic E-state index is 0.0338. The molecule has 0 radical (unpaired) electrons. The number of H-pyrrole nitrogens is 2. The van der Waals surface area contributed by atoms with Crippen molar-refractivity contribution in [3.63, 3.8) is 0 Å². The number of nitrogens with two attached hydrogens (primary N) is 1. The van der Waals surface area contributed by atoms with Crippen molar-refractivity contribution in [2.45, 2.75) is 0 Å². The molecule has 64 valence electrons. The van der Waals surface area contributed by atoms with Gasteiger partial charge in [0.1, 0.15) is 0 Å². The Morgan fingerprint density at radius 3 is 2.85 bits per heavy atom. The van der Waals surface area contributed by atoms with Gasteiger partial charge in [0.15, 0.2) is 0 Å². The van der Waals surface area contributed by atoms with E-state index in [1.54, 1.807) is 0 Å². The number of hydrogen-bond acceptors (Lipinski definition) is 5. The first kappa shape index (κ1) is 7.23. The van der Waals surface area contributed by atoms with E-state index in [9.17, 15) is 4.79 Å². The molecule has 0 aliphatic rings. The minimum Gasteiger partial charge on any atom is -0.369 e. The van der Waals surface area contributed by atoms with E-state index in [1.807, 2.05) is 0 Å². The molecule has 2 aromatic rings. The van der Waals surface area contributed by atoms with Gasteiger partial charge in [0, 0.05) is 0 Å². The Labute approximate surface area is 70.4 Å². The lowest BCUT2D eigenvalue weighted by molar-refractivity contribution is 1.17. The van der Waals surface area contributed by atoms with Gasteiger partial charge in [0.25, 0.3) is 11.2 Å². The Hall–Kier alpha value is -2.43. The molecule has 4 N–H and O–H groups in total. The fourth-order valence-corrected chi connectivity index (χ4v) is 0.959. The number of imidazole rings is 1. The molecule has 0 saturated carbocycles. The fraction of sp³-hybridized carbons (Fsp3) is 0. The highest BCUT2D eigenvalue weighted by atomic mass is 16.1. The summed E-state index contributed by atoms with van der Waals surface area (Å²) < 4.78 is 0. The van der Waals surface area contributed by atoms with Crippen LogP contribution >= 0.6 is 0 Å². The number of nitrogens with zero attached hydrogens (tertiary/aromatic N) is 4. The SMILES string of the molecule is N#[N+]c1nc2nc(N)[nH]c(=O)c2[nH]1. The predicted octanol–water partition coefficient (Wildman–Crippen LogP) is -0.287. The maximum absolute atomic E-state index is 11.2. The normalized spacial score (nSPS) is 10.1. The van der Waals surface area contributed by atoms with E-state index in [2.05, 4.69) is 24.9 Å². The molecule has 0 fully saturated rings. The summed E-state index contributed by atoms with van der Waals surface area (Å²) in [7, 11) is 0. The van der Waals surface area contributed by atoms with Crippen LogP contribution in [0.2, 0.25) is 0 Å². The summed E-state index contributed by atoms with van der Waals surface area (Å²) in [4.78, 5) is 26.0. The third-order valence-electron chi connectivity index (χ3n) is 1.46. The van der Waals surface area contributed by atoms with Crippen LogP contribution in [0.4, 0.5) is 11.9 Å². The van der Waals surface area contributed by atoms with E-state index in [0.29, 0.717) is 0 Å². The monoisotopic (exact) mass is 178 g/mol. The van der Waals surface area contributed by atoms with Gasteiger partial charge in [-0.25, -0.2) is 4.98 Å². The zero-order chi connectivity index (χ0) is 9.42. The lowest BCUT2D eigenvalue weighted by Gasteiger charge is -1.85. The van der Waals surface area contributed by atoms with Gasteiger partial charge >= 0.3 is 5.95 Å². The van der Waals surface area contributed by atoms with Crippen molar-refractivity contribution in [2.75, 3.05) is 5.73 Å². The van der Waals surface area contributed by atoms with Gasteiger partial charge < -0.3 is 5.73 Å². The minimum atomic E-state index is -0.454. The Balaban J connectivity index is 2.93. The molecule has 8 heteroatoms. The number of aromatic amines is 2. The van der Waals surface area contributed by atoms with Gasteiger partial charge in [-0.15, -0.1) is 0 Å². The number of hydrogen-bond donors (Lipinski definition) is 3. The van der Waals surface area contributed by atoms with Crippen LogP contribution in [0.3, 0.4) is 0 Å². The second-order valence-electron chi connectivity index (χ2n) is 2.31. The summed E-state index contributed by atoms with van der Waals surface area (Å²) in [5.74, 6) is -0.118. The number of rotatable bonds is 0. The number of fused-ring (bicyclic) bond motifs is 1. The van der Waals surface area contributed by atoms with Gasteiger partial charge in [-0.1, -0.05) is 0 Å². The number of aromatic nitrogens is 4. The molecule has 0 atom stereocenters. The highest BCUT2D eigenvalue weighted by Gasteiger charge is 2.17. The van der Waals surface area contributed by atoms with Crippen molar-refractivity contribution in [3.8, 4) is 0 Å². The van der Waals surface area contributed by atoms with Crippen LogP contribution in [0, 0.1) is 5.39 Å². The second-order valence-corrected chi connectivity index (χ2v) is 2.31. The first-order chi connectivity index (χ1) is 6.20. The number of anilines is 1. The third-order valence-corrected chi connectivity index (χ3v) is 1.46. The average molecular weight is 178 g/mol. The quantitative estimate of drug-likeness (QED) is 0.477. The molecular weight excluding hydrogens is 174 g/mol. The largest absolute Gasteiger partial charge is 0.528 e. The molecule has 0 bridgehead atoms. The second kappa shape index (κ2) is 2.28. The van der Waals surface area contributed by atoms with Crippen molar-refractivity contribution in [1.29, 1.82) is 5.39 Å². The van der Waals surface area contributed by atoms with Gasteiger partial charge in [-0.05, 0) is 9.96 Å². The van der Waals surface area contributed by atoms with Crippen molar-refractivity contribution in [1.82, 2.24) is 19.9 Å². The Bertz CT molecular complexity index is 558. The molecule has 0 unspecified atom stereocenters. The predicted molar refractivity (Wildman–Crippen MR) is 43.7 cm³/mol. The molecule has 0 aromatic carbocycles. The fourth-order valence-electron chi connectivity index (χ4n) is 0.959. The molecule has 8 nitrogen and oxygen atoms in total. The molecule has 2 rings (SSSR count). The first-order valence-corrected chi connectivity index (χ1v) is 3.31. The van der Waals surface area contributed by atoms with Crippen LogP contribution in [0.5, 0.6) is 0 Å². The van der Waals surface area contributed by atoms with E-state index in [1.165, 1.54) is 0 Å². The average Bonchev–Trinajstić information content (AvgIpc) is 2.47. The van der Waals surface area contributed by atoms with Crippen LogP contribution in [0.25, 0.3) is 16.1 Å². The van der Waals surface area contributed by atoms with Crippen LogP contribution in [-0.4, -0.2) is 19.9 Å². The molecule has 0 aliphatic heterocycles. The van der Waals surface area contributed by atoms with Gasteiger partial charge in [0.2, 0.25) is 11.5 Å². The Morgan fingerprint density at radius 2 is 2.15 bits per heavy atom. The first-order valence-electron chi connectivity index (χ1n) is 3.31. The van der Waals surface area contributed by atoms with Crippen LogP contribution in [0.15, 0.2) is 4.79 Å². The molecule has 2 aromatic heterocycles. The molecule has 13 heavy (non-hydrogen) atoms. The highest BCUT2D eigenvalue weighted by molar-refractivity contribution is 5.73. The Kier molecular flexibility index (Phi) is 1.27. The van der Waals surface area contributed by atoms with E-state index in [0.717, 1.165) is 0 Å². The van der Waals surface area contributed by atoms with E-state index >= 15 is 0 Å². The topological polar surface area (TPSA) is 129 Å². The summed E-state index contributed by atoms with van der Waals surface area (Å²) in [6.45, 7) is 0. The molecular formula is C5H4N7O+. The maximum Gasteiger partial charge on any atom is 0.528 e. The lowest BCUT2D eigenvalue weighted by atomic mass is 10.5. The number of nitrogens with one attached hydrogen (secondary N) is 2. The van der Waals surface area contributed by atoms with Crippen LogP contribution in [0.1, 0.15) is 0 Å². The zero-order valence-corrected chi connectivity index (χ0v) is 6.27. The summed E-state index contributed by atoms with van der Waals surface area (Å²) in [6, 6.07) is 0. The van der Waals surface area contributed by atoms with Crippen molar-refractivity contribution >= 4 is 23.1 Å². The molecule has 0 amide bonds. The third kappa shape index (κ3) is 0.987. The number of nitrogen functional groups attached to an aromatic ring is 1. The summed E-state index contributed by atoms with van der Waals surface area (Å²) in [5.41, 5.74) is 5.05. The molecule has 0 spiro atoms. The number of diazo groups is 1. The molecule has 0 aliphatic carbocycles. The summed E-state index contributed by atoms with van der Waals surface area (Å²) >= 11 is 0. The van der Waals surface area contributed by atoms with E-state index < -0.39 is 5.56 Å². The maximum atomic E-state index is 11.2. The standard InChI is InChI=1S/C5H3N7O/c6-4-9-2-1(3(13)11-4)8-5(10-2)12-7/h7H,(H2,6,11,13)/p+1. The lowest BCUT2D eigenvalue weighted by Crippen LogP contribution is -2.10. The van der Waals surface area contributed by atoms with Crippen molar-refractivity contribution < 1.29 is 0 Å². The smallest absolute Gasteiger partial charge is 0.369 e. The Morgan fingerprint density at radius 1 is 1.38 bits per heavy atom. The van der Waals surface area contributed by atoms with Crippen molar-refractivity contribution in [3.05, 3.63) is 15.3 Å². The molecule has 2 heterocycles. The van der Waals surface area contributed by atoms with E-state index in [4.69, 9.17) is 11.1 Å². The van der Waals surface area contributed by atoms with Crippen LogP contribution in [-0.2, 0) is 0 Å². The summed E-state index contributed by atoms with van der Waals surface area (Å²) in [5, 5.41) is 8.36. The van der Waals surface area contributed by atoms with E-state index in [-0.39, 0.29) is 23.1 Å². The van der Waals surface area contributed by atoms with Gasteiger partial charge in [-0.2, -0.15) is 4.98 Å². The highest BCUT2D eigenvalue weighted by Crippen LogP contribution is 2.10. The zero-order valence-electron chi connectivity index (χ0n) is 6.27. The summed E-state index contributed by atoms with van der Waals surface area (Å²) in [6.07, 6.45) is 0. The van der Waals surface area contributed by atoms with Crippen LogP contribution < -0.4 is 11.3 Å².